The molecular formula is C16H23NO2. The molecule has 1 N–H and O–H groups in total. The van der Waals surface area contributed by atoms with E-state index in [1.54, 1.807) is 0 Å². The maximum atomic E-state index is 12.4. The van der Waals surface area contributed by atoms with Crippen molar-refractivity contribution in [3.8, 4) is 0 Å². The molecule has 1 aromatic carbocycles. The molecule has 1 aliphatic rings. The molecule has 2 rings (SSSR count). The standard InChI is InChI=1S/C16H23NO2/c1-12(2)14-5-7-15(8-6-14)16(19)17-9-3-4-13(10-17)11-18/h5-8,12-13,18H,3-4,9-11H2,1-2H3. The molecule has 0 aromatic heterocycles. The molecule has 0 bridgehead atoms. The Kier molecular flexibility index (Phi) is 4.59. The third kappa shape index (κ3) is 3.35. The number of benzene rings is 1. The molecule has 1 heterocycles. The molecule has 1 aromatic rings. The number of aliphatic hydroxyl groups excluding tert-OH is 1. The minimum atomic E-state index is 0.0912. The summed E-state index contributed by atoms with van der Waals surface area (Å²) in [6.45, 7) is 5.96. The molecular weight excluding hydrogens is 238 g/mol. The highest BCUT2D eigenvalue weighted by molar-refractivity contribution is 5.94. The van der Waals surface area contributed by atoms with Crippen molar-refractivity contribution in [2.75, 3.05) is 19.7 Å². The summed E-state index contributed by atoms with van der Waals surface area (Å²) in [5.74, 6) is 0.819. The predicted octanol–water partition coefficient (Wildman–Crippen LogP) is 2.65. The van der Waals surface area contributed by atoms with Crippen molar-refractivity contribution in [2.45, 2.75) is 32.6 Å². The van der Waals surface area contributed by atoms with E-state index in [2.05, 4.69) is 13.8 Å². The van der Waals surface area contributed by atoms with Crippen LogP contribution in [0, 0.1) is 5.92 Å². The highest BCUT2D eigenvalue weighted by atomic mass is 16.3. The van der Waals surface area contributed by atoms with Crippen LogP contribution in [0.5, 0.6) is 0 Å². The van der Waals surface area contributed by atoms with Crippen molar-refractivity contribution in [2.24, 2.45) is 5.92 Å². The number of likely N-dealkylation sites (tertiary alicyclic amines) is 1. The number of amides is 1. The Labute approximate surface area is 115 Å². The summed E-state index contributed by atoms with van der Waals surface area (Å²) >= 11 is 0. The van der Waals surface area contributed by atoms with Crippen LogP contribution >= 0.6 is 0 Å². The van der Waals surface area contributed by atoms with Crippen LogP contribution < -0.4 is 0 Å². The number of aliphatic hydroxyl groups is 1. The molecule has 0 radical (unpaired) electrons. The lowest BCUT2D eigenvalue weighted by Gasteiger charge is -2.32. The maximum absolute atomic E-state index is 12.4. The Morgan fingerprint density at radius 2 is 2.05 bits per heavy atom. The van der Waals surface area contributed by atoms with Crippen LogP contribution in [0.3, 0.4) is 0 Å². The Hall–Kier alpha value is -1.35. The van der Waals surface area contributed by atoms with Crippen LogP contribution in [0.1, 0.15) is 48.5 Å². The molecule has 1 unspecified atom stereocenters. The van der Waals surface area contributed by atoms with E-state index < -0.39 is 0 Å². The zero-order valence-electron chi connectivity index (χ0n) is 11.8. The van der Waals surface area contributed by atoms with Gasteiger partial charge in [-0.1, -0.05) is 26.0 Å². The SMILES string of the molecule is CC(C)c1ccc(C(=O)N2CCCC(CO)C2)cc1. The topological polar surface area (TPSA) is 40.5 Å². The normalized spacial score (nSPS) is 19.8. The molecule has 3 nitrogen and oxygen atoms in total. The molecule has 104 valence electrons. The average molecular weight is 261 g/mol. The van der Waals surface area contributed by atoms with Crippen molar-refractivity contribution in [3.05, 3.63) is 35.4 Å². The van der Waals surface area contributed by atoms with Crippen molar-refractivity contribution >= 4 is 5.91 Å². The number of carbonyl (C=O) groups excluding carboxylic acids is 1. The Bertz CT molecular complexity index is 425. The minimum Gasteiger partial charge on any atom is -0.396 e. The predicted molar refractivity (Wildman–Crippen MR) is 76.2 cm³/mol. The van der Waals surface area contributed by atoms with E-state index in [9.17, 15) is 9.90 Å². The van der Waals surface area contributed by atoms with Crippen molar-refractivity contribution in [1.82, 2.24) is 4.90 Å². The molecule has 19 heavy (non-hydrogen) atoms. The number of rotatable bonds is 3. The maximum Gasteiger partial charge on any atom is 0.253 e. The van der Waals surface area contributed by atoms with E-state index in [0.29, 0.717) is 12.5 Å². The van der Waals surface area contributed by atoms with E-state index in [1.165, 1.54) is 5.56 Å². The van der Waals surface area contributed by atoms with Gasteiger partial charge < -0.3 is 10.0 Å². The van der Waals surface area contributed by atoms with Gasteiger partial charge in [0.2, 0.25) is 0 Å². The first kappa shape index (κ1) is 14.1. The van der Waals surface area contributed by atoms with Crippen LogP contribution in [0.2, 0.25) is 0 Å². The quantitative estimate of drug-likeness (QED) is 0.908. The zero-order valence-corrected chi connectivity index (χ0v) is 11.8. The Morgan fingerprint density at radius 1 is 1.37 bits per heavy atom. The second-order valence-corrected chi connectivity index (χ2v) is 5.72. The van der Waals surface area contributed by atoms with E-state index in [4.69, 9.17) is 0 Å². The van der Waals surface area contributed by atoms with Gasteiger partial charge in [-0.3, -0.25) is 4.79 Å². The number of hydrogen-bond acceptors (Lipinski definition) is 2. The summed E-state index contributed by atoms with van der Waals surface area (Å²) in [5, 5.41) is 9.22. The third-order valence-corrected chi connectivity index (χ3v) is 3.89. The first-order valence-electron chi connectivity index (χ1n) is 7.12. The van der Waals surface area contributed by atoms with Gasteiger partial charge in [0, 0.05) is 25.3 Å². The van der Waals surface area contributed by atoms with Crippen LogP contribution in [0.25, 0.3) is 0 Å². The van der Waals surface area contributed by atoms with Gasteiger partial charge in [-0.05, 0) is 42.4 Å². The summed E-state index contributed by atoms with van der Waals surface area (Å²) in [4.78, 5) is 14.3. The molecule has 1 saturated heterocycles. The van der Waals surface area contributed by atoms with E-state index >= 15 is 0 Å². The van der Waals surface area contributed by atoms with Crippen LogP contribution in [0.15, 0.2) is 24.3 Å². The highest BCUT2D eigenvalue weighted by Gasteiger charge is 2.23. The molecule has 0 saturated carbocycles. The molecule has 0 aliphatic carbocycles. The lowest BCUT2D eigenvalue weighted by Crippen LogP contribution is -2.40. The van der Waals surface area contributed by atoms with Gasteiger partial charge in [-0.2, -0.15) is 0 Å². The summed E-state index contributed by atoms with van der Waals surface area (Å²) in [6, 6.07) is 7.90. The molecule has 0 spiro atoms. The fourth-order valence-corrected chi connectivity index (χ4v) is 2.59. The van der Waals surface area contributed by atoms with Gasteiger partial charge in [0.05, 0.1) is 0 Å². The first-order chi connectivity index (χ1) is 9.11. The second-order valence-electron chi connectivity index (χ2n) is 5.72. The fourth-order valence-electron chi connectivity index (χ4n) is 2.59. The number of nitrogens with zero attached hydrogens (tertiary/aromatic N) is 1. The van der Waals surface area contributed by atoms with E-state index in [0.717, 1.165) is 24.9 Å². The smallest absolute Gasteiger partial charge is 0.253 e. The number of carbonyl (C=O) groups is 1. The second kappa shape index (κ2) is 6.20. The fraction of sp³-hybridized carbons (Fsp3) is 0.562. The van der Waals surface area contributed by atoms with E-state index in [1.807, 2.05) is 29.2 Å². The zero-order chi connectivity index (χ0) is 13.8. The molecule has 1 fully saturated rings. The van der Waals surface area contributed by atoms with Crippen molar-refractivity contribution in [3.63, 3.8) is 0 Å². The van der Waals surface area contributed by atoms with Gasteiger partial charge in [0.25, 0.3) is 5.91 Å². The molecule has 1 atom stereocenters. The number of hydrogen-bond donors (Lipinski definition) is 1. The number of piperidine rings is 1. The van der Waals surface area contributed by atoms with Gasteiger partial charge in [-0.15, -0.1) is 0 Å². The third-order valence-electron chi connectivity index (χ3n) is 3.89. The van der Waals surface area contributed by atoms with Crippen molar-refractivity contribution < 1.29 is 9.90 Å². The summed E-state index contributed by atoms with van der Waals surface area (Å²) in [6.07, 6.45) is 2.01. The monoisotopic (exact) mass is 261 g/mol. The van der Waals surface area contributed by atoms with Crippen LogP contribution in [0.4, 0.5) is 0 Å². The van der Waals surface area contributed by atoms with Gasteiger partial charge in [-0.25, -0.2) is 0 Å². The highest BCUT2D eigenvalue weighted by Crippen LogP contribution is 2.20. The Morgan fingerprint density at radius 3 is 2.63 bits per heavy atom. The first-order valence-corrected chi connectivity index (χ1v) is 7.12. The van der Waals surface area contributed by atoms with Crippen molar-refractivity contribution in [1.29, 1.82) is 0 Å². The minimum absolute atomic E-state index is 0.0912. The van der Waals surface area contributed by atoms with Gasteiger partial charge >= 0.3 is 0 Å². The van der Waals surface area contributed by atoms with Crippen LogP contribution in [-0.4, -0.2) is 35.6 Å². The summed E-state index contributed by atoms with van der Waals surface area (Å²) in [5.41, 5.74) is 2.01. The lowest BCUT2D eigenvalue weighted by molar-refractivity contribution is 0.0620. The Balaban J connectivity index is 2.06. The molecule has 1 amide bonds. The largest absolute Gasteiger partial charge is 0.396 e. The van der Waals surface area contributed by atoms with Gasteiger partial charge in [0.15, 0.2) is 0 Å². The summed E-state index contributed by atoms with van der Waals surface area (Å²) < 4.78 is 0. The lowest BCUT2D eigenvalue weighted by atomic mass is 9.97. The van der Waals surface area contributed by atoms with Crippen LogP contribution in [-0.2, 0) is 0 Å². The molecule has 3 heteroatoms. The molecule has 1 aliphatic heterocycles. The summed E-state index contributed by atoms with van der Waals surface area (Å²) in [7, 11) is 0. The van der Waals surface area contributed by atoms with E-state index in [-0.39, 0.29) is 18.4 Å². The van der Waals surface area contributed by atoms with Gasteiger partial charge in [0.1, 0.15) is 0 Å². The average Bonchev–Trinajstić information content (AvgIpc) is 2.46.